The molecule has 7 nitrogen and oxygen atoms in total. The molecule has 3 aromatic rings. The van der Waals surface area contributed by atoms with Crippen molar-refractivity contribution in [2.45, 2.75) is 32.7 Å². The summed E-state index contributed by atoms with van der Waals surface area (Å²) < 4.78 is 11.2. The van der Waals surface area contributed by atoms with Gasteiger partial charge in [0.2, 0.25) is 5.91 Å². The number of ether oxygens (including phenoxy) is 1. The number of hydrogen-bond acceptors (Lipinski definition) is 7. The van der Waals surface area contributed by atoms with E-state index in [1.807, 2.05) is 31.2 Å². The summed E-state index contributed by atoms with van der Waals surface area (Å²) >= 11 is 1.39. The number of amides is 1. The summed E-state index contributed by atoms with van der Waals surface area (Å²) in [5.74, 6) is 2.05. The number of benzene rings is 1. The van der Waals surface area contributed by atoms with E-state index >= 15 is 0 Å². The van der Waals surface area contributed by atoms with Gasteiger partial charge in [0.05, 0.1) is 17.1 Å². The number of thiazole rings is 1. The molecule has 1 unspecified atom stereocenters. The van der Waals surface area contributed by atoms with E-state index in [2.05, 4.69) is 20.8 Å². The summed E-state index contributed by atoms with van der Waals surface area (Å²) in [6, 6.07) is 9.45. The highest BCUT2D eigenvalue weighted by Gasteiger charge is 2.20. The summed E-state index contributed by atoms with van der Waals surface area (Å²) in [6.45, 7) is 4.35. The SMILES string of the molecule is CC(=O)NC(C)c1cc(-c2cnc(Oc3ccc(NCC4CC4)cc3)s2)no1. The van der Waals surface area contributed by atoms with Crippen molar-refractivity contribution in [2.24, 2.45) is 5.92 Å². The highest BCUT2D eigenvalue weighted by Crippen LogP contribution is 2.34. The molecule has 2 heterocycles. The van der Waals surface area contributed by atoms with Gasteiger partial charge >= 0.3 is 0 Å². The molecule has 2 aromatic heterocycles. The number of carbonyl (C=O) groups is 1. The van der Waals surface area contributed by atoms with Crippen molar-refractivity contribution in [3.8, 4) is 21.5 Å². The van der Waals surface area contributed by atoms with E-state index in [0.717, 1.165) is 28.8 Å². The van der Waals surface area contributed by atoms with Crippen LogP contribution in [0.5, 0.6) is 10.9 Å². The predicted octanol–water partition coefficient (Wildman–Crippen LogP) is 4.61. The zero-order valence-corrected chi connectivity index (χ0v) is 16.6. The molecule has 4 rings (SSSR count). The summed E-state index contributed by atoms with van der Waals surface area (Å²) in [4.78, 5) is 16.3. The van der Waals surface area contributed by atoms with Crippen LogP contribution >= 0.6 is 11.3 Å². The van der Waals surface area contributed by atoms with Crippen LogP contribution in [-0.2, 0) is 4.79 Å². The van der Waals surface area contributed by atoms with Gasteiger partial charge in [0, 0.05) is 25.2 Å². The normalized spacial score (nSPS) is 14.5. The van der Waals surface area contributed by atoms with Crippen molar-refractivity contribution in [3.05, 3.63) is 42.3 Å². The molecule has 8 heteroatoms. The molecule has 1 saturated carbocycles. The minimum absolute atomic E-state index is 0.118. The lowest BCUT2D eigenvalue weighted by Crippen LogP contribution is -2.23. The third-order valence-corrected chi connectivity index (χ3v) is 5.36. The van der Waals surface area contributed by atoms with Crippen LogP contribution < -0.4 is 15.4 Å². The van der Waals surface area contributed by atoms with Gasteiger partial charge in [0.15, 0.2) is 5.76 Å². The van der Waals surface area contributed by atoms with Gasteiger partial charge in [-0.15, -0.1) is 0 Å². The smallest absolute Gasteiger partial charge is 0.279 e. The van der Waals surface area contributed by atoms with Crippen LogP contribution in [0.3, 0.4) is 0 Å². The van der Waals surface area contributed by atoms with Crippen LogP contribution in [-0.4, -0.2) is 22.6 Å². The third kappa shape index (κ3) is 4.69. The van der Waals surface area contributed by atoms with Crippen molar-refractivity contribution in [2.75, 3.05) is 11.9 Å². The largest absolute Gasteiger partial charge is 0.431 e. The Hall–Kier alpha value is -2.87. The Labute approximate surface area is 167 Å². The summed E-state index contributed by atoms with van der Waals surface area (Å²) in [6.07, 6.45) is 4.37. The highest BCUT2D eigenvalue weighted by atomic mass is 32.1. The number of carbonyl (C=O) groups excluding carboxylic acids is 1. The molecular formula is C20H22N4O3S. The first-order chi connectivity index (χ1) is 13.6. The van der Waals surface area contributed by atoms with Crippen molar-refractivity contribution < 1.29 is 14.1 Å². The Balaban J connectivity index is 1.37. The van der Waals surface area contributed by atoms with Crippen LogP contribution in [0, 0.1) is 5.92 Å². The van der Waals surface area contributed by atoms with E-state index in [-0.39, 0.29) is 11.9 Å². The molecule has 1 amide bonds. The Bertz CT molecular complexity index is 947. The minimum atomic E-state index is -0.241. The molecule has 1 aromatic carbocycles. The van der Waals surface area contributed by atoms with Gasteiger partial charge in [-0.3, -0.25) is 4.79 Å². The number of aromatic nitrogens is 2. The van der Waals surface area contributed by atoms with Gasteiger partial charge in [-0.2, -0.15) is 0 Å². The van der Waals surface area contributed by atoms with Crippen molar-refractivity contribution in [3.63, 3.8) is 0 Å². The fraction of sp³-hybridized carbons (Fsp3) is 0.350. The van der Waals surface area contributed by atoms with Gasteiger partial charge in [-0.05, 0) is 49.9 Å². The molecule has 0 spiro atoms. The zero-order chi connectivity index (χ0) is 19.5. The van der Waals surface area contributed by atoms with E-state index in [4.69, 9.17) is 9.26 Å². The molecule has 2 N–H and O–H groups in total. The molecule has 1 aliphatic carbocycles. The van der Waals surface area contributed by atoms with Crippen molar-refractivity contribution in [1.29, 1.82) is 0 Å². The lowest BCUT2D eigenvalue weighted by Gasteiger charge is -2.06. The second kappa shape index (κ2) is 8.02. The second-order valence-corrected chi connectivity index (χ2v) is 7.97. The Morgan fingerprint density at radius 2 is 2.14 bits per heavy atom. The third-order valence-electron chi connectivity index (χ3n) is 4.46. The molecular weight excluding hydrogens is 376 g/mol. The van der Waals surface area contributed by atoms with Crippen molar-refractivity contribution >= 4 is 22.9 Å². The van der Waals surface area contributed by atoms with Gasteiger partial charge in [-0.1, -0.05) is 16.5 Å². The average Bonchev–Trinajstić information content (AvgIpc) is 3.16. The van der Waals surface area contributed by atoms with Crippen LogP contribution in [0.15, 0.2) is 41.1 Å². The van der Waals surface area contributed by atoms with Crippen LogP contribution in [0.4, 0.5) is 5.69 Å². The summed E-state index contributed by atoms with van der Waals surface area (Å²) in [5, 5.41) is 10.8. The van der Waals surface area contributed by atoms with E-state index in [0.29, 0.717) is 16.6 Å². The Morgan fingerprint density at radius 1 is 1.36 bits per heavy atom. The van der Waals surface area contributed by atoms with E-state index in [1.165, 1.54) is 31.1 Å². The van der Waals surface area contributed by atoms with E-state index < -0.39 is 0 Å². The maximum Gasteiger partial charge on any atom is 0.279 e. The molecule has 0 radical (unpaired) electrons. The Morgan fingerprint density at radius 3 is 2.86 bits per heavy atom. The van der Waals surface area contributed by atoms with Gasteiger partial charge in [0.1, 0.15) is 11.4 Å². The maximum absolute atomic E-state index is 11.2. The van der Waals surface area contributed by atoms with Crippen LogP contribution in [0.1, 0.15) is 38.5 Å². The molecule has 1 fully saturated rings. The molecule has 1 aliphatic rings. The van der Waals surface area contributed by atoms with Gasteiger partial charge in [0.25, 0.3) is 5.19 Å². The monoisotopic (exact) mass is 398 g/mol. The number of hydrogen-bond donors (Lipinski definition) is 2. The minimum Gasteiger partial charge on any atom is -0.431 e. The van der Waals surface area contributed by atoms with Crippen molar-refractivity contribution in [1.82, 2.24) is 15.5 Å². The fourth-order valence-corrected chi connectivity index (χ4v) is 3.47. The number of rotatable bonds is 8. The first-order valence-corrected chi connectivity index (χ1v) is 10.1. The zero-order valence-electron chi connectivity index (χ0n) is 15.8. The molecule has 0 saturated heterocycles. The molecule has 1 atom stereocenters. The number of nitrogens with zero attached hydrogens (tertiary/aromatic N) is 2. The van der Waals surface area contributed by atoms with Gasteiger partial charge < -0.3 is 19.9 Å². The number of nitrogens with one attached hydrogen (secondary N) is 2. The molecule has 28 heavy (non-hydrogen) atoms. The first kappa shape index (κ1) is 18.5. The second-order valence-electron chi connectivity index (χ2n) is 6.98. The lowest BCUT2D eigenvalue weighted by atomic mass is 10.2. The fourth-order valence-electron chi connectivity index (χ4n) is 2.74. The topological polar surface area (TPSA) is 89.3 Å². The standard InChI is InChI=1S/C20H22N4O3S/c1-12(23-13(2)25)18-9-17(24-27-18)19-11-22-20(28-19)26-16-7-5-15(6-8-16)21-10-14-3-4-14/h5-9,11-12,14,21H,3-4,10H2,1-2H3,(H,23,25). The molecule has 146 valence electrons. The maximum atomic E-state index is 11.2. The lowest BCUT2D eigenvalue weighted by molar-refractivity contribution is -0.119. The molecule has 0 aliphatic heterocycles. The average molecular weight is 398 g/mol. The van der Waals surface area contributed by atoms with E-state index in [9.17, 15) is 4.79 Å². The number of anilines is 1. The highest BCUT2D eigenvalue weighted by molar-refractivity contribution is 7.16. The predicted molar refractivity (Wildman–Crippen MR) is 108 cm³/mol. The van der Waals surface area contributed by atoms with Gasteiger partial charge in [-0.25, -0.2) is 4.98 Å². The quantitative estimate of drug-likeness (QED) is 0.576. The summed E-state index contributed by atoms with van der Waals surface area (Å²) in [5.41, 5.74) is 1.77. The van der Waals surface area contributed by atoms with Crippen LogP contribution in [0.2, 0.25) is 0 Å². The Kier molecular flexibility index (Phi) is 5.29. The molecule has 0 bridgehead atoms. The van der Waals surface area contributed by atoms with Crippen LogP contribution in [0.25, 0.3) is 10.6 Å². The van der Waals surface area contributed by atoms with E-state index in [1.54, 1.807) is 12.3 Å². The summed E-state index contributed by atoms with van der Waals surface area (Å²) in [7, 11) is 0. The first-order valence-electron chi connectivity index (χ1n) is 9.28.